The molecule has 0 aromatic heterocycles. The van der Waals surface area contributed by atoms with Gasteiger partial charge in [0.1, 0.15) is 11.5 Å². The van der Waals surface area contributed by atoms with E-state index in [0.29, 0.717) is 28.8 Å². The number of halogens is 1. The molecule has 0 aliphatic carbocycles. The van der Waals surface area contributed by atoms with Gasteiger partial charge in [-0.15, -0.1) is 0 Å². The second-order valence-electron chi connectivity index (χ2n) is 4.50. The van der Waals surface area contributed by atoms with Crippen LogP contribution in [0.1, 0.15) is 5.56 Å². The molecule has 0 bridgehead atoms. The Bertz CT molecular complexity index is 662. The maximum absolute atomic E-state index is 12.0. The molecule has 0 atom stereocenters. The minimum Gasteiger partial charge on any atom is -0.497 e. The first-order chi connectivity index (χ1) is 10.6. The van der Waals surface area contributed by atoms with E-state index in [0.717, 1.165) is 5.56 Å². The average molecular weight is 321 g/mol. The summed E-state index contributed by atoms with van der Waals surface area (Å²) < 4.78 is 10.3. The molecule has 0 heterocycles. The number of hydrogen-bond donors (Lipinski definition) is 2. The molecule has 0 aliphatic heterocycles. The first kappa shape index (κ1) is 16.0. The summed E-state index contributed by atoms with van der Waals surface area (Å²) in [5, 5.41) is 6.12. The van der Waals surface area contributed by atoms with Crippen LogP contribution in [0.25, 0.3) is 0 Å². The third-order valence-electron chi connectivity index (χ3n) is 3.00. The van der Waals surface area contributed by atoms with Crippen molar-refractivity contribution in [2.24, 2.45) is 0 Å². The summed E-state index contributed by atoms with van der Waals surface area (Å²) in [4.78, 5) is 12.0. The Morgan fingerprint density at radius 2 is 1.95 bits per heavy atom. The fraction of sp³-hybridized carbons (Fsp3) is 0.188. The van der Waals surface area contributed by atoms with E-state index in [9.17, 15) is 4.79 Å². The predicted octanol–water partition coefficient (Wildman–Crippen LogP) is 3.68. The van der Waals surface area contributed by atoms with Crippen LogP contribution in [0.2, 0.25) is 5.02 Å². The smallest absolute Gasteiger partial charge is 0.319 e. The van der Waals surface area contributed by atoms with Gasteiger partial charge in [-0.2, -0.15) is 0 Å². The van der Waals surface area contributed by atoms with Crippen molar-refractivity contribution in [1.29, 1.82) is 0 Å². The van der Waals surface area contributed by atoms with Crippen LogP contribution in [0.15, 0.2) is 42.5 Å². The summed E-state index contributed by atoms with van der Waals surface area (Å²) in [6, 6.07) is 12.1. The van der Waals surface area contributed by atoms with Gasteiger partial charge < -0.3 is 20.1 Å². The second kappa shape index (κ2) is 7.56. The number of carbonyl (C=O) groups excluding carboxylic acids is 1. The Hall–Kier alpha value is -2.40. The summed E-state index contributed by atoms with van der Waals surface area (Å²) in [6.45, 7) is 0.374. The largest absolute Gasteiger partial charge is 0.497 e. The van der Waals surface area contributed by atoms with E-state index in [1.54, 1.807) is 37.4 Å². The molecule has 0 spiro atoms. The van der Waals surface area contributed by atoms with Crippen molar-refractivity contribution >= 4 is 23.3 Å². The van der Waals surface area contributed by atoms with Crippen molar-refractivity contribution in [3.8, 4) is 11.5 Å². The molecular formula is C16H17ClN2O3. The topological polar surface area (TPSA) is 59.6 Å². The average Bonchev–Trinajstić information content (AvgIpc) is 2.53. The fourth-order valence-corrected chi connectivity index (χ4v) is 2.12. The first-order valence-corrected chi connectivity index (χ1v) is 7.01. The highest BCUT2D eigenvalue weighted by molar-refractivity contribution is 6.30. The van der Waals surface area contributed by atoms with Crippen molar-refractivity contribution in [2.45, 2.75) is 6.54 Å². The van der Waals surface area contributed by atoms with E-state index in [-0.39, 0.29) is 6.03 Å². The zero-order valence-electron chi connectivity index (χ0n) is 12.4. The molecule has 22 heavy (non-hydrogen) atoms. The number of nitrogens with one attached hydrogen (secondary N) is 2. The number of rotatable bonds is 5. The number of ether oxygens (including phenoxy) is 2. The van der Waals surface area contributed by atoms with Gasteiger partial charge in [-0.05, 0) is 29.8 Å². The fourth-order valence-electron chi connectivity index (χ4n) is 1.91. The molecule has 0 fully saturated rings. The standard InChI is InChI=1S/C16H17ClN2O3/c1-21-13-6-7-15(22-2)14(9-13)19-16(20)18-10-11-4-3-5-12(17)8-11/h3-9H,10H2,1-2H3,(H2,18,19,20). The quantitative estimate of drug-likeness (QED) is 0.883. The number of methoxy groups -OCH3 is 2. The molecule has 6 heteroatoms. The van der Waals surface area contributed by atoms with E-state index in [1.807, 2.05) is 12.1 Å². The van der Waals surface area contributed by atoms with Crippen molar-refractivity contribution in [1.82, 2.24) is 5.32 Å². The highest BCUT2D eigenvalue weighted by Crippen LogP contribution is 2.28. The lowest BCUT2D eigenvalue weighted by Crippen LogP contribution is -2.28. The van der Waals surface area contributed by atoms with Gasteiger partial charge in [0.2, 0.25) is 0 Å². The van der Waals surface area contributed by atoms with Crippen LogP contribution in [0.4, 0.5) is 10.5 Å². The molecule has 0 saturated heterocycles. The molecule has 0 aliphatic rings. The van der Waals surface area contributed by atoms with E-state index in [1.165, 1.54) is 7.11 Å². The van der Waals surface area contributed by atoms with Gasteiger partial charge in [0.05, 0.1) is 19.9 Å². The Balaban J connectivity index is 1.99. The van der Waals surface area contributed by atoms with Gasteiger partial charge in [-0.3, -0.25) is 0 Å². The monoisotopic (exact) mass is 320 g/mol. The molecule has 116 valence electrons. The Labute approximate surface area is 134 Å². The Morgan fingerprint density at radius 3 is 2.64 bits per heavy atom. The van der Waals surface area contributed by atoms with E-state index >= 15 is 0 Å². The van der Waals surface area contributed by atoms with E-state index in [4.69, 9.17) is 21.1 Å². The highest BCUT2D eigenvalue weighted by Gasteiger charge is 2.08. The molecule has 2 rings (SSSR count). The summed E-state index contributed by atoms with van der Waals surface area (Å²) in [6.07, 6.45) is 0. The molecule has 2 aromatic rings. The predicted molar refractivity (Wildman–Crippen MR) is 86.9 cm³/mol. The van der Waals surface area contributed by atoms with Gasteiger partial charge in [-0.25, -0.2) is 4.79 Å². The molecule has 5 nitrogen and oxygen atoms in total. The van der Waals surface area contributed by atoms with E-state index in [2.05, 4.69) is 10.6 Å². The van der Waals surface area contributed by atoms with Crippen LogP contribution in [0, 0.1) is 0 Å². The molecular weight excluding hydrogens is 304 g/mol. The third-order valence-corrected chi connectivity index (χ3v) is 3.23. The minimum absolute atomic E-state index is 0.341. The maximum Gasteiger partial charge on any atom is 0.319 e. The van der Waals surface area contributed by atoms with Crippen LogP contribution in [0.3, 0.4) is 0 Å². The lowest BCUT2D eigenvalue weighted by molar-refractivity contribution is 0.251. The summed E-state index contributed by atoms with van der Waals surface area (Å²) in [7, 11) is 3.10. The third kappa shape index (κ3) is 4.30. The number of hydrogen-bond acceptors (Lipinski definition) is 3. The molecule has 0 saturated carbocycles. The number of amides is 2. The molecule has 0 radical (unpaired) electrons. The van der Waals surface area contributed by atoms with Gasteiger partial charge in [0.25, 0.3) is 0 Å². The first-order valence-electron chi connectivity index (χ1n) is 6.63. The molecule has 0 unspecified atom stereocenters. The lowest BCUT2D eigenvalue weighted by Gasteiger charge is -2.12. The Kier molecular flexibility index (Phi) is 5.49. The second-order valence-corrected chi connectivity index (χ2v) is 4.94. The lowest BCUT2D eigenvalue weighted by atomic mass is 10.2. The van der Waals surface area contributed by atoms with Crippen LogP contribution >= 0.6 is 11.6 Å². The Morgan fingerprint density at radius 1 is 1.14 bits per heavy atom. The van der Waals surface area contributed by atoms with Gasteiger partial charge >= 0.3 is 6.03 Å². The number of benzene rings is 2. The summed E-state index contributed by atoms with van der Waals surface area (Å²) in [5.74, 6) is 1.18. The summed E-state index contributed by atoms with van der Waals surface area (Å²) >= 11 is 5.90. The number of urea groups is 1. The molecule has 2 amide bonds. The SMILES string of the molecule is COc1ccc(OC)c(NC(=O)NCc2cccc(Cl)c2)c1. The van der Waals surface area contributed by atoms with Crippen LogP contribution < -0.4 is 20.1 Å². The highest BCUT2D eigenvalue weighted by atomic mass is 35.5. The van der Waals surface area contributed by atoms with Crippen molar-refractivity contribution in [2.75, 3.05) is 19.5 Å². The number of carbonyl (C=O) groups is 1. The number of anilines is 1. The van der Waals surface area contributed by atoms with Gasteiger partial charge in [-0.1, -0.05) is 23.7 Å². The van der Waals surface area contributed by atoms with Gasteiger partial charge in [0, 0.05) is 17.6 Å². The zero-order chi connectivity index (χ0) is 15.9. The maximum atomic E-state index is 12.0. The van der Waals surface area contributed by atoms with Gasteiger partial charge in [0.15, 0.2) is 0 Å². The normalized spacial score (nSPS) is 9.95. The van der Waals surface area contributed by atoms with E-state index < -0.39 is 0 Å². The minimum atomic E-state index is -0.341. The summed E-state index contributed by atoms with van der Waals surface area (Å²) in [5.41, 5.74) is 1.45. The van der Waals surface area contributed by atoms with Crippen LogP contribution in [-0.2, 0) is 6.54 Å². The van der Waals surface area contributed by atoms with Crippen molar-refractivity contribution < 1.29 is 14.3 Å². The van der Waals surface area contributed by atoms with Crippen molar-refractivity contribution in [3.05, 3.63) is 53.1 Å². The van der Waals surface area contributed by atoms with Crippen LogP contribution in [0.5, 0.6) is 11.5 Å². The van der Waals surface area contributed by atoms with Crippen molar-refractivity contribution in [3.63, 3.8) is 0 Å². The zero-order valence-corrected chi connectivity index (χ0v) is 13.1. The molecule has 2 aromatic carbocycles. The molecule has 2 N–H and O–H groups in total. The van der Waals surface area contributed by atoms with Crippen LogP contribution in [-0.4, -0.2) is 20.3 Å².